The van der Waals surface area contributed by atoms with Gasteiger partial charge in [0.15, 0.2) is 11.4 Å². The van der Waals surface area contributed by atoms with Gasteiger partial charge in [-0.05, 0) is 25.0 Å². The van der Waals surface area contributed by atoms with Crippen LogP contribution in [-0.4, -0.2) is 11.6 Å². The molecule has 1 heterocycles. The summed E-state index contributed by atoms with van der Waals surface area (Å²) in [4.78, 5) is 4.00. The van der Waals surface area contributed by atoms with Gasteiger partial charge in [0.1, 0.15) is 6.07 Å². The van der Waals surface area contributed by atoms with E-state index in [2.05, 4.69) is 4.98 Å². The summed E-state index contributed by atoms with van der Waals surface area (Å²) < 4.78 is 5.29. The van der Waals surface area contributed by atoms with E-state index < -0.39 is 0 Å². The molecule has 1 aromatic heterocycles. The largest absolute Gasteiger partial charge is 0.491 e. The Morgan fingerprint density at radius 1 is 1.54 bits per heavy atom. The summed E-state index contributed by atoms with van der Waals surface area (Å²) in [6, 6.07) is 3.87. The summed E-state index contributed by atoms with van der Waals surface area (Å²) in [5.41, 5.74) is 1.45. The van der Waals surface area contributed by atoms with E-state index in [0.29, 0.717) is 18.1 Å². The van der Waals surface area contributed by atoms with Crippen molar-refractivity contribution in [1.82, 2.24) is 4.98 Å². The Kier molecular flexibility index (Phi) is 3.27. The van der Waals surface area contributed by atoms with Crippen LogP contribution >= 0.6 is 0 Å². The molecule has 0 radical (unpaired) electrons. The Labute approximate surface area is 78.0 Å². The highest BCUT2D eigenvalue weighted by atomic mass is 16.5. The van der Waals surface area contributed by atoms with Gasteiger partial charge in [0.05, 0.1) is 6.61 Å². The molecule has 13 heavy (non-hydrogen) atoms. The maximum atomic E-state index is 8.72. The predicted octanol–water partition coefficient (Wildman–Crippen LogP) is 1.91. The number of aryl methyl sites for hydroxylation is 1. The normalized spacial score (nSPS) is 9.31. The minimum atomic E-state index is 0.360. The number of rotatable bonds is 3. The van der Waals surface area contributed by atoms with Crippen molar-refractivity contribution in [2.24, 2.45) is 0 Å². The monoisotopic (exact) mass is 176 g/mol. The Hall–Kier alpha value is -1.56. The Morgan fingerprint density at radius 3 is 2.85 bits per heavy atom. The molecule has 0 unspecified atom stereocenters. The lowest BCUT2D eigenvalue weighted by Gasteiger charge is -2.05. The van der Waals surface area contributed by atoms with Gasteiger partial charge in [-0.15, -0.1) is 0 Å². The van der Waals surface area contributed by atoms with Gasteiger partial charge >= 0.3 is 0 Å². The Morgan fingerprint density at radius 2 is 2.31 bits per heavy atom. The van der Waals surface area contributed by atoms with Crippen LogP contribution < -0.4 is 4.74 Å². The lowest BCUT2D eigenvalue weighted by atomic mass is 10.2. The second kappa shape index (κ2) is 4.46. The minimum absolute atomic E-state index is 0.360. The fraction of sp³-hybridized carbons (Fsp3) is 0.400. The standard InChI is InChI=1S/C10H12N2O/c1-3-8-5-10(13-4-2)9(6-11)12-7-8/h5,7H,3-4H2,1-2H3. The van der Waals surface area contributed by atoms with Crippen LogP contribution in [0.2, 0.25) is 0 Å². The average molecular weight is 176 g/mol. The highest BCUT2D eigenvalue weighted by Gasteiger charge is 2.04. The smallest absolute Gasteiger partial charge is 0.182 e. The number of hydrogen-bond donors (Lipinski definition) is 0. The van der Waals surface area contributed by atoms with Crippen LogP contribution in [-0.2, 0) is 6.42 Å². The molecule has 0 aliphatic carbocycles. The van der Waals surface area contributed by atoms with Crippen LogP contribution in [0.5, 0.6) is 5.75 Å². The van der Waals surface area contributed by atoms with E-state index >= 15 is 0 Å². The number of aromatic nitrogens is 1. The van der Waals surface area contributed by atoms with E-state index in [0.717, 1.165) is 12.0 Å². The van der Waals surface area contributed by atoms with Gasteiger partial charge < -0.3 is 4.74 Å². The van der Waals surface area contributed by atoms with Crippen molar-refractivity contribution in [3.05, 3.63) is 23.5 Å². The number of hydrogen-bond acceptors (Lipinski definition) is 3. The van der Waals surface area contributed by atoms with Gasteiger partial charge in [0.2, 0.25) is 0 Å². The van der Waals surface area contributed by atoms with Crippen molar-refractivity contribution < 1.29 is 4.74 Å². The van der Waals surface area contributed by atoms with E-state index in [1.165, 1.54) is 0 Å². The van der Waals surface area contributed by atoms with Crippen LogP contribution in [0.15, 0.2) is 12.3 Å². The van der Waals surface area contributed by atoms with E-state index in [-0.39, 0.29) is 0 Å². The molecular weight excluding hydrogens is 164 g/mol. The molecule has 1 rings (SSSR count). The molecule has 1 aromatic rings. The molecule has 0 saturated carbocycles. The quantitative estimate of drug-likeness (QED) is 0.706. The van der Waals surface area contributed by atoms with Gasteiger partial charge in [0, 0.05) is 6.20 Å². The first-order valence-corrected chi connectivity index (χ1v) is 4.33. The topological polar surface area (TPSA) is 45.9 Å². The summed E-state index contributed by atoms with van der Waals surface area (Å²) in [5.74, 6) is 0.587. The first kappa shape index (κ1) is 9.53. The van der Waals surface area contributed by atoms with Crippen molar-refractivity contribution in [3.8, 4) is 11.8 Å². The first-order valence-electron chi connectivity index (χ1n) is 4.33. The third-order valence-electron chi connectivity index (χ3n) is 1.72. The van der Waals surface area contributed by atoms with E-state index in [4.69, 9.17) is 10.00 Å². The molecule has 0 spiro atoms. The fourth-order valence-corrected chi connectivity index (χ4v) is 1.03. The summed E-state index contributed by atoms with van der Waals surface area (Å²) in [6.07, 6.45) is 2.61. The lowest BCUT2D eigenvalue weighted by Crippen LogP contribution is -1.97. The van der Waals surface area contributed by atoms with Gasteiger partial charge in [-0.1, -0.05) is 6.92 Å². The summed E-state index contributed by atoms with van der Waals surface area (Å²) in [7, 11) is 0. The Balaban J connectivity index is 3.04. The fourth-order valence-electron chi connectivity index (χ4n) is 1.03. The second-order valence-electron chi connectivity index (χ2n) is 2.59. The molecule has 0 atom stereocenters. The highest BCUT2D eigenvalue weighted by Crippen LogP contribution is 2.17. The van der Waals surface area contributed by atoms with Crippen LogP contribution in [0.1, 0.15) is 25.1 Å². The molecule has 68 valence electrons. The Bertz CT molecular complexity index is 328. The molecule has 0 saturated heterocycles. The number of nitriles is 1. The zero-order valence-corrected chi connectivity index (χ0v) is 7.87. The average Bonchev–Trinajstić information content (AvgIpc) is 2.18. The third kappa shape index (κ3) is 2.19. The van der Waals surface area contributed by atoms with Gasteiger partial charge in [-0.3, -0.25) is 0 Å². The first-order chi connectivity index (χ1) is 6.31. The van der Waals surface area contributed by atoms with Crippen molar-refractivity contribution in [1.29, 1.82) is 5.26 Å². The van der Waals surface area contributed by atoms with Gasteiger partial charge in [-0.25, -0.2) is 4.98 Å². The zero-order chi connectivity index (χ0) is 9.68. The van der Waals surface area contributed by atoms with Crippen molar-refractivity contribution in [2.75, 3.05) is 6.61 Å². The molecule has 0 aromatic carbocycles. The van der Waals surface area contributed by atoms with Crippen LogP contribution in [0.3, 0.4) is 0 Å². The number of nitrogens with zero attached hydrogens (tertiary/aromatic N) is 2. The number of pyridine rings is 1. The van der Waals surface area contributed by atoms with Crippen molar-refractivity contribution in [2.45, 2.75) is 20.3 Å². The maximum absolute atomic E-state index is 8.72. The molecule has 0 fully saturated rings. The molecule has 0 amide bonds. The maximum Gasteiger partial charge on any atom is 0.182 e. The third-order valence-corrected chi connectivity index (χ3v) is 1.72. The molecule has 3 nitrogen and oxygen atoms in total. The van der Waals surface area contributed by atoms with E-state index in [1.54, 1.807) is 6.20 Å². The van der Waals surface area contributed by atoms with Gasteiger partial charge in [-0.2, -0.15) is 5.26 Å². The van der Waals surface area contributed by atoms with Crippen LogP contribution in [0.4, 0.5) is 0 Å². The van der Waals surface area contributed by atoms with Crippen molar-refractivity contribution in [3.63, 3.8) is 0 Å². The van der Waals surface area contributed by atoms with Gasteiger partial charge in [0.25, 0.3) is 0 Å². The van der Waals surface area contributed by atoms with E-state index in [9.17, 15) is 0 Å². The van der Waals surface area contributed by atoms with Crippen LogP contribution in [0.25, 0.3) is 0 Å². The summed E-state index contributed by atoms with van der Waals surface area (Å²) >= 11 is 0. The zero-order valence-electron chi connectivity index (χ0n) is 7.87. The summed E-state index contributed by atoms with van der Waals surface area (Å²) in [6.45, 7) is 4.49. The molecule has 3 heteroatoms. The second-order valence-corrected chi connectivity index (χ2v) is 2.59. The summed E-state index contributed by atoms with van der Waals surface area (Å²) in [5, 5.41) is 8.72. The van der Waals surface area contributed by atoms with Crippen LogP contribution in [0, 0.1) is 11.3 Å². The highest BCUT2D eigenvalue weighted by molar-refractivity contribution is 5.39. The van der Waals surface area contributed by atoms with E-state index in [1.807, 2.05) is 26.0 Å². The van der Waals surface area contributed by atoms with Crippen molar-refractivity contribution >= 4 is 0 Å². The molecule has 0 bridgehead atoms. The molecule has 0 N–H and O–H groups in total. The predicted molar refractivity (Wildman–Crippen MR) is 49.5 cm³/mol. The lowest BCUT2D eigenvalue weighted by molar-refractivity contribution is 0.337. The SMILES string of the molecule is CCOc1cc(CC)cnc1C#N. The minimum Gasteiger partial charge on any atom is -0.491 e. The molecular formula is C10H12N2O. The number of ether oxygens (including phenoxy) is 1. The molecule has 0 aliphatic rings. The molecule has 0 aliphatic heterocycles.